The van der Waals surface area contributed by atoms with Crippen molar-refractivity contribution in [2.75, 3.05) is 5.75 Å². The smallest absolute Gasteiger partial charge is 0.197 e. The number of allylic oxidation sites excluding steroid dienone is 1. The van der Waals surface area contributed by atoms with Crippen molar-refractivity contribution in [2.24, 2.45) is 11.3 Å². The number of nitriles is 2. The largest absolute Gasteiger partial charge is 0.403 e. The van der Waals surface area contributed by atoms with Crippen molar-refractivity contribution < 1.29 is 26.3 Å². The Kier molecular flexibility index (Phi) is 6.42. The zero-order chi connectivity index (χ0) is 16.0. The maximum Gasteiger partial charge on any atom is 0.403 e. The third-order valence-electron chi connectivity index (χ3n) is 2.35. The fourth-order valence-corrected chi connectivity index (χ4v) is 1.93. The van der Waals surface area contributed by atoms with E-state index in [-0.39, 0.29) is 0 Å². The van der Waals surface area contributed by atoms with Crippen LogP contribution in [0.2, 0.25) is 0 Å². The van der Waals surface area contributed by atoms with Crippen LogP contribution >= 0.6 is 11.8 Å². The summed E-state index contributed by atoms with van der Waals surface area (Å²) >= 11 is 1.13. The second-order valence-corrected chi connectivity index (χ2v) is 4.93. The van der Waals surface area contributed by atoms with Gasteiger partial charge in [-0.05, 0) is 17.6 Å². The van der Waals surface area contributed by atoms with E-state index >= 15 is 0 Å². The lowest BCUT2D eigenvalue weighted by molar-refractivity contribution is -0.302. The molecule has 0 atom stereocenters. The molecule has 0 aromatic heterocycles. The van der Waals surface area contributed by atoms with Gasteiger partial charge in [0.1, 0.15) is 0 Å². The lowest BCUT2D eigenvalue weighted by atomic mass is 9.74. The number of hydrogen-bond acceptors (Lipinski definition) is 3. The van der Waals surface area contributed by atoms with Crippen LogP contribution in [-0.2, 0) is 0 Å². The van der Waals surface area contributed by atoms with Crippen molar-refractivity contribution in [2.45, 2.75) is 25.7 Å². The van der Waals surface area contributed by atoms with Crippen LogP contribution < -0.4 is 0 Å². The topological polar surface area (TPSA) is 47.6 Å². The van der Waals surface area contributed by atoms with E-state index in [2.05, 4.69) is 0 Å². The van der Waals surface area contributed by atoms with E-state index in [9.17, 15) is 26.3 Å². The Balaban J connectivity index is 5.63. The Morgan fingerprint density at radius 3 is 1.80 bits per heavy atom. The number of alkyl halides is 6. The zero-order valence-corrected chi connectivity index (χ0v) is 11.0. The molecular weight excluding hydrogens is 306 g/mol. The second-order valence-electron chi connectivity index (χ2n) is 3.74. The number of halogens is 6. The molecule has 0 fully saturated rings. The quantitative estimate of drug-likeness (QED) is 0.706. The molecule has 0 radical (unpaired) electrons. The second kappa shape index (κ2) is 6.89. The first-order valence-electron chi connectivity index (χ1n) is 5.27. The summed E-state index contributed by atoms with van der Waals surface area (Å²) in [6.45, 7) is 1.73. The van der Waals surface area contributed by atoms with Crippen molar-refractivity contribution in [3.63, 3.8) is 0 Å². The molecule has 0 aromatic carbocycles. The molecule has 112 valence electrons. The number of hydrogen-bond donors (Lipinski definition) is 0. The maximum absolute atomic E-state index is 12.6. The van der Waals surface area contributed by atoms with Gasteiger partial charge in [-0.2, -0.15) is 36.9 Å². The molecule has 0 saturated carbocycles. The highest BCUT2D eigenvalue weighted by Gasteiger charge is 2.67. The maximum atomic E-state index is 12.6. The highest BCUT2D eigenvalue weighted by molar-refractivity contribution is 8.02. The summed E-state index contributed by atoms with van der Waals surface area (Å²) in [4.78, 5) is 0. The minimum atomic E-state index is -5.73. The molecule has 0 aliphatic heterocycles. The lowest BCUT2D eigenvalue weighted by Crippen LogP contribution is -2.47. The van der Waals surface area contributed by atoms with Crippen LogP contribution in [0.15, 0.2) is 11.5 Å². The minimum Gasteiger partial charge on any atom is -0.197 e. The molecule has 0 unspecified atom stereocenters. The van der Waals surface area contributed by atoms with Crippen molar-refractivity contribution in [1.29, 1.82) is 10.5 Å². The molecular formula is C11H10F6N2S. The molecule has 0 spiro atoms. The Morgan fingerprint density at radius 1 is 1.05 bits per heavy atom. The highest BCUT2D eigenvalue weighted by atomic mass is 32.2. The Bertz CT molecular complexity index is 398. The van der Waals surface area contributed by atoms with Gasteiger partial charge in [-0.15, -0.1) is 11.8 Å². The summed E-state index contributed by atoms with van der Waals surface area (Å²) in [6, 6.07) is 1.79. The van der Waals surface area contributed by atoms with E-state index in [4.69, 9.17) is 10.5 Å². The summed E-state index contributed by atoms with van der Waals surface area (Å²) in [5.74, 6) is -3.45. The molecule has 0 saturated heterocycles. The highest BCUT2D eigenvalue weighted by Crippen LogP contribution is 2.50. The van der Waals surface area contributed by atoms with Crippen LogP contribution in [0.5, 0.6) is 0 Å². The van der Waals surface area contributed by atoms with Gasteiger partial charge >= 0.3 is 12.4 Å². The fraction of sp³-hybridized carbons (Fsp3) is 0.636. The monoisotopic (exact) mass is 316 g/mol. The minimum absolute atomic E-state index is 0.560. The van der Waals surface area contributed by atoms with Crippen LogP contribution in [0, 0.1) is 34.0 Å². The normalized spacial score (nSPS) is 13.5. The molecule has 0 rings (SSSR count). The van der Waals surface area contributed by atoms with Gasteiger partial charge in [0.25, 0.3) is 0 Å². The van der Waals surface area contributed by atoms with Crippen LogP contribution in [0.3, 0.4) is 0 Å². The summed E-state index contributed by atoms with van der Waals surface area (Å²) in [7, 11) is 0. The molecule has 0 heterocycles. The first-order chi connectivity index (χ1) is 9.05. The number of rotatable bonds is 5. The zero-order valence-electron chi connectivity index (χ0n) is 10.2. The van der Waals surface area contributed by atoms with Gasteiger partial charge in [0, 0.05) is 0 Å². The number of thioether (sulfide) groups is 1. The summed E-state index contributed by atoms with van der Waals surface area (Å²) in [6.07, 6.45) is -11.4. The van der Waals surface area contributed by atoms with Gasteiger partial charge in [0.15, 0.2) is 11.3 Å². The van der Waals surface area contributed by atoms with Crippen LogP contribution in [0.25, 0.3) is 0 Å². The average Bonchev–Trinajstić information content (AvgIpc) is 2.29. The van der Waals surface area contributed by atoms with Crippen molar-refractivity contribution >= 4 is 11.8 Å². The van der Waals surface area contributed by atoms with Crippen molar-refractivity contribution in [3.05, 3.63) is 11.5 Å². The molecule has 0 amide bonds. The van der Waals surface area contributed by atoms with Crippen LogP contribution in [-0.4, -0.2) is 18.1 Å². The van der Waals surface area contributed by atoms with Gasteiger partial charge < -0.3 is 0 Å². The van der Waals surface area contributed by atoms with E-state index in [0.717, 1.165) is 30.0 Å². The van der Waals surface area contributed by atoms with E-state index in [1.165, 1.54) is 5.41 Å². The first-order valence-corrected chi connectivity index (χ1v) is 6.32. The van der Waals surface area contributed by atoms with Crippen molar-refractivity contribution in [3.8, 4) is 12.1 Å². The Morgan fingerprint density at radius 2 is 1.50 bits per heavy atom. The molecule has 2 nitrogen and oxygen atoms in total. The SMILES string of the molecule is CCS/C=C/CC(C#N)(C#N)C(C(F)(F)F)C(F)(F)F. The Labute approximate surface area is 116 Å². The van der Waals surface area contributed by atoms with E-state index < -0.39 is 30.1 Å². The molecule has 0 N–H and O–H groups in total. The molecule has 20 heavy (non-hydrogen) atoms. The van der Waals surface area contributed by atoms with Crippen LogP contribution in [0.4, 0.5) is 26.3 Å². The van der Waals surface area contributed by atoms with E-state index in [1.54, 1.807) is 6.92 Å². The summed E-state index contributed by atoms with van der Waals surface area (Å²) in [5.41, 5.74) is -3.22. The summed E-state index contributed by atoms with van der Waals surface area (Å²) < 4.78 is 75.7. The third-order valence-corrected chi connectivity index (χ3v) is 3.06. The first kappa shape index (κ1) is 18.7. The third kappa shape index (κ3) is 4.64. The standard InChI is InChI=1S/C11H10F6N2S/c1-2-20-5-3-4-9(6-18,7-19)8(10(12,13)14)11(15,16)17/h3,5,8H,2,4H2,1H3/b5-3+. The van der Waals surface area contributed by atoms with Gasteiger partial charge in [0.05, 0.1) is 12.1 Å². The van der Waals surface area contributed by atoms with Gasteiger partial charge in [0.2, 0.25) is 0 Å². The predicted octanol–water partition coefficient (Wildman–Crippen LogP) is 4.42. The molecule has 0 aliphatic rings. The van der Waals surface area contributed by atoms with E-state index in [1.807, 2.05) is 0 Å². The lowest BCUT2D eigenvalue weighted by Gasteiger charge is -2.31. The molecule has 0 aliphatic carbocycles. The predicted molar refractivity (Wildman–Crippen MR) is 61.1 cm³/mol. The van der Waals surface area contributed by atoms with Crippen molar-refractivity contribution in [1.82, 2.24) is 0 Å². The Hall–Kier alpha value is -1.35. The van der Waals surface area contributed by atoms with Gasteiger partial charge in [-0.1, -0.05) is 13.0 Å². The van der Waals surface area contributed by atoms with Gasteiger partial charge in [-0.3, -0.25) is 0 Å². The van der Waals surface area contributed by atoms with Gasteiger partial charge in [-0.25, -0.2) is 0 Å². The number of nitrogens with zero attached hydrogens (tertiary/aromatic N) is 2. The average molecular weight is 316 g/mol. The molecule has 9 heteroatoms. The molecule has 0 aromatic rings. The van der Waals surface area contributed by atoms with Crippen LogP contribution in [0.1, 0.15) is 13.3 Å². The molecule has 0 bridgehead atoms. The van der Waals surface area contributed by atoms with E-state index in [0.29, 0.717) is 5.75 Å². The fourth-order valence-electron chi connectivity index (χ4n) is 1.51. The summed E-state index contributed by atoms with van der Waals surface area (Å²) in [5, 5.41) is 18.7.